The van der Waals surface area contributed by atoms with Gasteiger partial charge in [0.15, 0.2) is 6.61 Å². The highest BCUT2D eigenvalue weighted by molar-refractivity contribution is 7.89. The molecule has 2 rings (SSSR count). The van der Waals surface area contributed by atoms with Crippen LogP contribution in [0.5, 0.6) is 0 Å². The lowest BCUT2D eigenvalue weighted by Crippen LogP contribution is -2.34. The van der Waals surface area contributed by atoms with Gasteiger partial charge in [-0.2, -0.15) is 4.72 Å². The number of sulfonamides is 1. The van der Waals surface area contributed by atoms with E-state index in [9.17, 15) is 18.0 Å². The van der Waals surface area contributed by atoms with E-state index in [4.69, 9.17) is 4.74 Å². The third-order valence-electron chi connectivity index (χ3n) is 3.95. The number of thiophene rings is 1. The topological polar surface area (TPSA) is 92.8 Å². The molecule has 1 aromatic carbocycles. The van der Waals surface area contributed by atoms with E-state index in [1.165, 1.54) is 28.4 Å². The smallest absolute Gasteiger partial charge is 0.321 e. The summed E-state index contributed by atoms with van der Waals surface area (Å²) in [6.45, 7) is 3.13. The minimum absolute atomic E-state index is 0.0742. The maximum Gasteiger partial charge on any atom is 0.321 e. The quantitative estimate of drug-likeness (QED) is 0.671. The van der Waals surface area contributed by atoms with E-state index in [0.717, 1.165) is 16.0 Å². The summed E-state index contributed by atoms with van der Waals surface area (Å²) in [4.78, 5) is 26.3. The Labute approximate surface area is 163 Å². The minimum atomic E-state index is -3.83. The average molecular weight is 411 g/mol. The number of amides is 1. The van der Waals surface area contributed by atoms with Crippen molar-refractivity contribution in [2.75, 3.05) is 20.2 Å². The molecule has 0 fully saturated rings. The van der Waals surface area contributed by atoms with Gasteiger partial charge in [-0.3, -0.25) is 9.59 Å². The van der Waals surface area contributed by atoms with Crippen LogP contribution in [0.2, 0.25) is 0 Å². The molecule has 0 spiro atoms. The van der Waals surface area contributed by atoms with Crippen LogP contribution >= 0.6 is 11.3 Å². The fourth-order valence-electron chi connectivity index (χ4n) is 2.15. The van der Waals surface area contributed by atoms with E-state index >= 15 is 0 Å². The third kappa shape index (κ3) is 6.16. The molecule has 0 atom stereocenters. The zero-order valence-electron chi connectivity index (χ0n) is 15.4. The molecule has 1 amide bonds. The van der Waals surface area contributed by atoms with E-state index in [1.807, 2.05) is 24.4 Å². The number of likely N-dealkylation sites (N-methyl/N-ethyl adjacent to an activating group) is 1. The van der Waals surface area contributed by atoms with Crippen LogP contribution in [0.15, 0.2) is 40.6 Å². The Balaban J connectivity index is 1.81. The highest BCUT2D eigenvalue weighted by Crippen LogP contribution is 2.14. The summed E-state index contributed by atoms with van der Waals surface area (Å²) in [7, 11) is -2.22. The molecule has 27 heavy (non-hydrogen) atoms. The molecule has 0 bridgehead atoms. The van der Waals surface area contributed by atoms with Crippen molar-refractivity contribution in [3.8, 4) is 0 Å². The molecule has 0 saturated heterocycles. The normalized spacial score (nSPS) is 11.2. The second-order valence-corrected chi connectivity index (χ2v) is 8.86. The van der Waals surface area contributed by atoms with Gasteiger partial charge in [-0.25, -0.2) is 8.42 Å². The molecule has 0 saturated carbocycles. The Morgan fingerprint density at radius 2 is 1.93 bits per heavy atom. The summed E-state index contributed by atoms with van der Waals surface area (Å²) >= 11 is 1.53. The Hall–Kier alpha value is -2.23. The maximum atomic E-state index is 12.2. The van der Waals surface area contributed by atoms with E-state index in [1.54, 1.807) is 20.0 Å². The van der Waals surface area contributed by atoms with Gasteiger partial charge in [-0.15, -0.1) is 11.3 Å². The van der Waals surface area contributed by atoms with Crippen LogP contribution in [0.3, 0.4) is 0 Å². The van der Waals surface area contributed by atoms with Crippen LogP contribution in [0.4, 0.5) is 0 Å². The second-order valence-electron chi connectivity index (χ2n) is 6.06. The number of hydrogen-bond donors (Lipinski definition) is 1. The second kappa shape index (κ2) is 9.12. The molecule has 1 heterocycles. The van der Waals surface area contributed by atoms with Gasteiger partial charge in [0.05, 0.1) is 11.4 Å². The Morgan fingerprint density at radius 1 is 1.19 bits per heavy atom. The number of esters is 1. The number of nitrogens with one attached hydrogen (secondary N) is 1. The lowest BCUT2D eigenvalue weighted by molar-refractivity contribution is -0.150. The van der Waals surface area contributed by atoms with Crippen LogP contribution in [-0.4, -0.2) is 45.4 Å². The van der Waals surface area contributed by atoms with Crippen molar-refractivity contribution in [2.45, 2.75) is 25.3 Å². The van der Waals surface area contributed by atoms with Gasteiger partial charge >= 0.3 is 5.97 Å². The largest absolute Gasteiger partial charge is 0.455 e. The molecule has 0 unspecified atom stereocenters. The van der Waals surface area contributed by atoms with Crippen molar-refractivity contribution in [1.29, 1.82) is 0 Å². The lowest BCUT2D eigenvalue weighted by Gasteiger charge is -2.16. The van der Waals surface area contributed by atoms with Gasteiger partial charge in [0, 0.05) is 11.9 Å². The Morgan fingerprint density at radius 3 is 2.56 bits per heavy atom. The van der Waals surface area contributed by atoms with Crippen LogP contribution in [0.25, 0.3) is 0 Å². The summed E-state index contributed by atoms with van der Waals surface area (Å²) < 4.78 is 31.5. The van der Waals surface area contributed by atoms with Gasteiger partial charge in [0.2, 0.25) is 10.0 Å². The van der Waals surface area contributed by atoms with E-state index < -0.39 is 29.1 Å². The molecule has 1 aromatic heterocycles. The fourth-order valence-corrected chi connectivity index (χ4v) is 3.96. The van der Waals surface area contributed by atoms with Gasteiger partial charge < -0.3 is 9.64 Å². The van der Waals surface area contributed by atoms with Crippen LogP contribution in [-0.2, 0) is 30.9 Å². The number of carbonyl (C=O) groups excluding carboxylic acids is 2. The highest BCUT2D eigenvalue weighted by Gasteiger charge is 2.18. The molecule has 146 valence electrons. The summed E-state index contributed by atoms with van der Waals surface area (Å²) in [6, 6.07) is 8.50. The molecule has 0 aliphatic carbocycles. The molecular formula is C18H22N2O5S2. The van der Waals surface area contributed by atoms with E-state index in [-0.39, 0.29) is 10.8 Å². The van der Waals surface area contributed by atoms with Crippen LogP contribution in [0.1, 0.15) is 16.0 Å². The fraction of sp³-hybridized carbons (Fsp3) is 0.333. The molecule has 0 radical (unpaired) electrons. The van der Waals surface area contributed by atoms with E-state index in [0.29, 0.717) is 6.54 Å². The summed E-state index contributed by atoms with van der Waals surface area (Å²) in [6.07, 6.45) is 0. The molecule has 9 heteroatoms. The number of hydrogen-bond acceptors (Lipinski definition) is 6. The zero-order valence-corrected chi connectivity index (χ0v) is 17.0. The van der Waals surface area contributed by atoms with Crippen LogP contribution in [0, 0.1) is 13.8 Å². The summed E-state index contributed by atoms with van der Waals surface area (Å²) in [5.74, 6) is -1.19. The monoisotopic (exact) mass is 410 g/mol. The standard InChI is InChI=1S/C18H22N2O5S2/c1-13-6-7-16(9-14(13)2)27(23,24)19-10-18(22)25-12-17(21)20(3)11-15-5-4-8-26-15/h4-9,19H,10-12H2,1-3H3. The Bertz CT molecular complexity index is 908. The summed E-state index contributed by atoms with van der Waals surface area (Å²) in [5.41, 5.74) is 1.80. The zero-order chi connectivity index (χ0) is 20.0. The van der Waals surface area contributed by atoms with Gasteiger partial charge in [0.1, 0.15) is 6.54 Å². The highest BCUT2D eigenvalue weighted by atomic mass is 32.2. The maximum absolute atomic E-state index is 12.2. The molecule has 2 aromatic rings. The lowest BCUT2D eigenvalue weighted by atomic mass is 10.1. The first-order valence-electron chi connectivity index (χ1n) is 8.18. The van der Waals surface area contributed by atoms with Gasteiger partial charge in [0.25, 0.3) is 5.91 Å². The van der Waals surface area contributed by atoms with Crippen molar-refractivity contribution in [2.24, 2.45) is 0 Å². The van der Waals surface area contributed by atoms with Crippen molar-refractivity contribution < 1.29 is 22.7 Å². The van der Waals surface area contributed by atoms with Crippen molar-refractivity contribution >= 4 is 33.2 Å². The number of carbonyl (C=O) groups is 2. The number of ether oxygens (including phenoxy) is 1. The SMILES string of the molecule is Cc1ccc(S(=O)(=O)NCC(=O)OCC(=O)N(C)Cc2cccs2)cc1C. The molecule has 1 N–H and O–H groups in total. The first-order chi connectivity index (χ1) is 12.7. The number of benzene rings is 1. The van der Waals surface area contributed by atoms with E-state index in [2.05, 4.69) is 4.72 Å². The van der Waals surface area contributed by atoms with Crippen LogP contribution < -0.4 is 4.72 Å². The minimum Gasteiger partial charge on any atom is -0.455 e. The average Bonchev–Trinajstić information content (AvgIpc) is 3.13. The predicted octanol–water partition coefficient (Wildman–Crippen LogP) is 1.85. The molecule has 0 aliphatic rings. The first kappa shape index (κ1) is 21.1. The molecule has 0 aliphatic heterocycles. The predicted molar refractivity (Wildman–Crippen MR) is 103 cm³/mol. The number of aryl methyl sites for hydroxylation is 2. The molecule has 7 nitrogen and oxygen atoms in total. The van der Waals surface area contributed by atoms with Gasteiger partial charge in [-0.05, 0) is 48.6 Å². The first-order valence-corrected chi connectivity index (χ1v) is 10.5. The number of nitrogens with zero attached hydrogens (tertiary/aromatic N) is 1. The van der Waals surface area contributed by atoms with Crippen molar-refractivity contribution in [1.82, 2.24) is 9.62 Å². The van der Waals surface area contributed by atoms with Crippen molar-refractivity contribution in [3.63, 3.8) is 0 Å². The summed E-state index contributed by atoms with van der Waals surface area (Å²) in [5, 5.41) is 1.91. The van der Waals surface area contributed by atoms with Gasteiger partial charge in [-0.1, -0.05) is 12.1 Å². The number of rotatable bonds is 8. The van der Waals surface area contributed by atoms with Crippen molar-refractivity contribution in [3.05, 3.63) is 51.7 Å². The Kier molecular flexibility index (Phi) is 7.11. The third-order valence-corrected chi connectivity index (χ3v) is 6.21. The molecular weight excluding hydrogens is 388 g/mol.